The summed E-state index contributed by atoms with van der Waals surface area (Å²) in [4.78, 5) is 0. The van der Waals surface area contributed by atoms with Crippen LogP contribution in [0.2, 0.25) is 0 Å². The van der Waals surface area contributed by atoms with Crippen LogP contribution in [-0.4, -0.2) is 16.7 Å². The van der Waals surface area contributed by atoms with Crippen molar-refractivity contribution < 1.29 is 14.9 Å². The molecule has 0 amide bonds. The third kappa shape index (κ3) is 5.46. The summed E-state index contributed by atoms with van der Waals surface area (Å²) in [6.07, 6.45) is 2.75. The lowest BCUT2D eigenvalue weighted by molar-refractivity contribution is -0.203. The molecule has 0 heterocycles. The van der Waals surface area contributed by atoms with E-state index < -0.39 is 6.48 Å². The van der Waals surface area contributed by atoms with Gasteiger partial charge in [-0.3, -0.25) is 0 Å². The highest BCUT2D eigenvalue weighted by Gasteiger charge is 1.85. The Morgan fingerprint density at radius 2 is 2.14 bits per heavy atom. The number of allylic oxidation sites excluding steroid dienone is 1. The largest absolute Gasteiger partial charge is 0.450 e. The van der Waals surface area contributed by atoms with Crippen molar-refractivity contribution in [3.8, 4) is 0 Å². The van der Waals surface area contributed by atoms with Crippen molar-refractivity contribution in [1.29, 1.82) is 0 Å². The molecule has 0 saturated carbocycles. The highest BCUT2D eigenvalue weighted by Crippen LogP contribution is 1.79. The minimum absolute atomic E-state index is 1.20. The molecule has 7 heavy (non-hydrogen) atoms. The molecule has 3 nitrogen and oxygen atoms in total. The number of ether oxygens (including phenoxy) is 1. The number of aliphatic hydroxyl groups is 2. The quantitative estimate of drug-likeness (QED) is 0.377. The molecule has 0 spiro atoms. The predicted molar refractivity (Wildman–Crippen MR) is 24.1 cm³/mol. The monoisotopic (exact) mass is 104 g/mol. The normalized spacial score (nSPS) is 10.9. The first-order valence-electron chi connectivity index (χ1n) is 1.90. The maximum absolute atomic E-state index is 7.97. The first kappa shape index (κ1) is 6.46. The minimum Gasteiger partial charge on any atom is -0.450 e. The minimum atomic E-state index is -1.68. The zero-order chi connectivity index (χ0) is 5.70. The van der Waals surface area contributed by atoms with E-state index in [1.165, 1.54) is 6.26 Å². The maximum atomic E-state index is 7.97. The first-order valence-corrected chi connectivity index (χ1v) is 1.90. The lowest BCUT2D eigenvalue weighted by Crippen LogP contribution is -2.04. The number of hydrogen-bond acceptors (Lipinski definition) is 3. The molecule has 0 aliphatic carbocycles. The maximum Gasteiger partial charge on any atom is 0.310 e. The molecule has 2 N–H and O–H groups in total. The Balaban J connectivity index is 2.97. The van der Waals surface area contributed by atoms with E-state index in [1.807, 2.05) is 0 Å². The van der Waals surface area contributed by atoms with Crippen LogP contribution in [0.3, 0.4) is 0 Å². The molecule has 0 aromatic carbocycles. The molecule has 0 atom stereocenters. The summed E-state index contributed by atoms with van der Waals surface area (Å²) >= 11 is 0. The first-order chi connectivity index (χ1) is 3.27. The van der Waals surface area contributed by atoms with Crippen molar-refractivity contribution in [3.63, 3.8) is 0 Å². The number of rotatable bonds is 2. The van der Waals surface area contributed by atoms with Crippen LogP contribution in [0.1, 0.15) is 6.92 Å². The van der Waals surface area contributed by atoms with Crippen LogP contribution in [0, 0.1) is 0 Å². The van der Waals surface area contributed by atoms with E-state index in [1.54, 1.807) is 13.0 Å². The summed E-state index contributed by atoms with van der Waals surface area (Å²) in [5, 5.41) is 15.9. The second kappa shape index (κ2) is 3.64. The van der Waals surface area contributed by atoms with E-state index in [-0.39, 0.29) is 0 Å². The molecule has 0 unspecified atom stereocenters. The zero-order valence-electron chi connectivity index (χ0n) is 4.03. The van der Waals surface area contributed by atoms with Gasteiger partial charge in [0, 0.05) is 0 Å². The fraction of sp³-hybridized carbons (Fsp3) is 0.500. The van der Waals surface area contributed by atoms with Gasteiger partial charge in [-0.05, 0) is 6.92 Å². The molecular weight excluding hydrogens is 96.0 g/mol. The van der Waals surface area contributed by atoms with Gasteiger partial charge in [-0.1, -0.05) is 6.08 Å². The lowest BCUT2D eigenvalue weighted by atomic mass is 10.7. The molecule has 0 aromatic rings. The summed E-state index contributed by atoms with van der Waals surface area (Å²) in [6.45, 7) is 0.0266. The van der Waals surface area contributed by atoms with E-state index in [4.69, 9.17) is 10.2 Å². The predicted octanol–water partition coefficient (Wildman–Crippen LogP) is -0.195. The van der Waals surface area contributed by atoms with Crippen LogP contribution in [0.4, 0.5) is 0 Å². The topological polar surface area (TPSA) is 49.7 Å². The van der Waals surface area contributed by atoms with Gasteiger partial charge < -0.3 is 14.9 Å². The molecule has 0 fully saturated rings. The Kier molecular flexibility index (Phi) is 3.36. The Bertz CT molecular complexity index is 58.0. The van der Waals surface area contributed by atoms with E-state index in [0.29, 0.717) is 0 Å². The van der Waals surface area contributed by atoms with Crippen LogP contribution in [0.15, 0.2) is 12.3 Å². The van der Waals surface area contributed by atoms with Gasteiger partial charge in [0.25, 0.3) is 0 Å². The van der Waals surface area contributed by atoms with Crippen LogP contribution >= 0.6 is 0 Å². The molecular formula is C4H8O3. The van der Waals surface area contributed by atoms with Gasteiger partial charge in [-0.25, -0.2) is 0 Å². The molecule has 0 aliphatic heterocycles. The molecule has 0 bridgehead atoms. The highest BCUT2D eigenvalue weighted by atomic mass is 16.7. The Hall–Kier alpha value is -0.540. The third-order valence-corrected chi connectivity index (χ3v) is 0.336. The fourth-order valence-electron chi connectivity index (χ4n) is 0.149. The van der Waals surface area contributed by atoms with Gasteiger partial charge in [0.1, 0.15) is 0 Å². The summed E-state index contributed by atoms with van der Waals surface area (Å²) < 4.78 is 4.12. The molecule has 0 aromatic heterocycles. The lowest BCUT2D eigenvalue weighted by Gasteiger charge is -1.97. The average molecular weight is 104 g/mol. The van der Waals surface area contributed by atoms with E-state index in [2.05, 4.69) is 4.74 Å². The smallest absolute Gasteiger partial charge is 0.310 e. The van der Waals surface area contributed by atoms with Gasteiger partial charge >= 0.3 is 6.48 Å². The summed E-state index contributed by atoms with van der Waals surface area (Å²) in [5.74, 6) is 0. The Morgan fingerprint density at radius 3 is 2.29 bits per heavy atom. The second-order valence-electron chi connectivity index (χ2n) is 0.932. The van der Waals surface area contributed by atoms with Gasteiger partial charge in [-0.15, -0.1) is 0 Å². The molecule has 42 valence electrons. The fourth-order valence-corrected chi connectivity index (χ4v) is 0.149. The second-order valence-corrected chi connectivity index (χ2v) is 0.932. The SMILES string of the molecule is CC=COC(O)O. The van der Waals surface area contributed by atoms with Gasteiger partial charge in [0.05, 0.1) is 6.26 Å². The van der Waals surface area contributed by atoms with Crippen LogP contribution in [0.5, 0.6) is 0 Å². The standard InChI is InChI=1S/C4H8O3/c1-2-3-7-4(5)6/h2-6H,1H3. The van der Waals surface area contributed by atoms with Crippen molar-refractivity contribution in [2.45, 2.75) is 13.4 Å². The van der Waals surface area contributed by atoms with Gasteiger partial charge in [0.2, 0.25) is 0 Å². The third-order valence-electron chi connectivity index (χ3n) is 0.336. The Labute approximate surface area is 41.8 Å². The van der Waals surface area contributed by atoms with Crippen LogP contribution < -0.4 is 0 Å². The summed E-state index contributed by atoms with van der Waals surface area (Å²) in [7, 11) is 0. The van der Waals surface area contributed by atoms with Crippen LogP contribution in [0.25, 0.3) is 0 Å². The van der Waals surface area contributed by atoms with E-state index in [0.717, 1.165) is 0 Å². The number of aliphatic hydroxyl groups excluding tert-OH is 1. The van der Waals surface area contributed by atoms with Crippen molar-refractivity contribution in [2.75, 3.05) is 0 Å². The molecule has 0 aliphatic rings. The molecule has 0 rings (SSSR count). The summed E-state index contributed by atoms with van der Waals surface area (Å²) in [5.41, 5.74) is 0. The van der Waals surface area contributed by atoms with Crippen LogP contribution in [-0.2, 0) is 4.74 Å². The van der Waals surface area contributed by atoms with Crippen molar-refractivity contribution in [1.82, 2.24) is 0 Å². The zero-order valence-corrected chi connectivity index (χ0v) is 4.03. The average Bonchev–Trinajstić information content (AvgIpc) is 1.61. The van der Waals surface area contributed by atoms with Crippen molar-refractivity contribution in [3.05, 3.63) is 12.3 Å². The van der Waals surface area contributed by atoms with Crippen molar-refractivity contribution in [2.24, 2.45) is 0 Å². The Morgan fingerprint density at radius 1 is 1.57 bits per heavy atom. The summed E-state index contributed by atoms with van der Waals surface area (Å²) in [6, 6.07) is 0. The van der Waals surface area contributed by atoms with E-state index in [9.17, 15) is 0 Å². The van der Waals surface area contributed by atoms with E-state index >= 15 is 0 Å². The molecule has 3 heteroatoms. The number of hydrogen-bond donors (Lipinski definition) is 2. The van der Waals surface area contributed by atoms with Gasteiger partial charge in [-0.2, -0.15) is 0 Å². The molecule has 0 radical (unpaired) electrons. The van der Waals surface area contributed by atoms with Gasteiger partial charge in [0.15, 0.2) is 0 Å². The van der Waals surface area contributed by atoms with Crippen molar-refractivity contribution >= 4 is 0 Å². The molecule has 0 saturated heterocycles. The highest BCUT2D eigenvalue weighted by molar-refractivity contribution is 4.64.